The zero-order valence-electron chi connectivity index (χ0n) is 10.6. The third-order valence-corrected chi connectivity index (χ3v) is 3.01. The molecular weight excluding hydrogens is 304 g/mol. The van der Waals surface area contributed by atoms with Gasteiger partial charge in [0.2, 0.25) is 0 Å². The van der Waals surface area contributed by atoms with Gasteiger partial charge in [0.15, 0.2) is 0 Å². The van der Waals surface area contributed by atoms with Crippen molar-refractivity contribution in [3.8, 4) is 0 Å². The molecule has 0 radical (unpaired) electrons. The van der Waals surface area contributed by atoms with Crippen molar-refractivity contribution in [3.63, 3.8) is 0 Å². The molecule has 0 spiro atoms. The smallest absolute Gasteiger partial charge is 0.137 e. The van der Waals surface area contributed by atoms with Crippen LogP contribution in [0.2, 0.25) is 0 Å². The highest BCUT2D eigenvalue weighted by molar-refractivity contribution is 9.10. The Hall–Kier alpha value is -0.520. The molecule has 0 bridgehead atoms. The Balaban J connectivity index is 2.29. The monoisotopic (exact) mass is 321 g/mol. The average Bonchev–Trinajstić information content (AvgIpc) is 2.29. The van der Waals surface area contributed by atoms with Gasteiger partial charge in [-0.15, -0.1) is 0 Å². The zero-order valence-corrected chi connectivity index (χ0v) is 12.2. The van der Waals surface area contributed by atoms with Crippen molar-refractivity contribution in [2.24, 2.45) is 0 Å². The second-order valence-electron chi connectivity index (χ2n) is 4.33. The van der Waals surface area contributed by atoms with E-state index >= 15 is 0 Å². The van der Waals surface area contributed by atoms with Gasteiger partial charge in [-0.1, -0.05) is 13.8 Å². The van der Waals surface area contributed by atoms with E-state index in [9.17, 15) is 8.78 Å². The molecule has 5 heteroatoms. The third kappa shape index (κ3) is 5.42. The minimum Gasteiger partial charge on any atom is -0.380 e. The molecule has 1 rings (SSSR count). The van der Waals surface area contributed by atoms with Crippen LogP contribution in [0.25, 0.3) is 0 Å². The van der Waals surface area contributed by atoms with E-state index in [4.69, 9.17) is 4.74 Å². The Labute approximate surface area is 115 Å². The van der Waals surface area contributed by atoms with Gasteiger partial charge in [0, 0.05) is 12.6 Å². The Kier molecular flexibility index (Phi) is 6.75. The minimum absolute atomic E-state index is 0.144. The van der Waals surface area contributed by atoms with Gasteiger partial charge in [-0.25, -0.2) is 8.78 Å². The summed E-state index contributed by atoms with van der Waals surface area (Å²) in [7, 11) is 0. The van der Waals surface area contributed by atoms with Crippen molar-refractivity contribution in [3.05, 3.63) is 33.8 Å². The molecule has 1 N–H and O–H groups in total. The van der Waals surface area contributed by atoms with Crippen LogP contribution < -0.4 is 5.32 Å². The van der Waals surface area contributed by atoms with E-state index in [0.717, 1.165) is 12.6 Å². The first-order valence-electron chi connectivity index (χ1n) is 5.95. The van der Waals surface area contributed by atoms with Crippen LogP contribution >= 0.6 is 15.9 Å². The molecule has 0 saturated carbocycles. The van der Waals surface area contributed by atoms with Gasteiger partial charge in [0.25, 0.3) is 0 Å². The van der Waals surface area contributed by atoms with Crippen molar-refractivity contribution in [1.82, 2.24) is 5.32 Å². The topological polar surface area (TPSA) is 21.3 Å². The van der Waals surface area contributed by atoms with E-state index in [-0.39, 0.29) is 4.47 Å². The molecule has 1 aromatic carbocycles. The maximum Gasteiger partial charge on any atom is 0.137 e. The molecule has 0 aliphatic rings. The fourth-order valence-corrected chi connectivity index (χ4v) is 1.77. The molecular formula is C13H18BrF2NO. The minimum atomic E-state index is -0.451. The summed E-state index contributed by atoms with van der Waals surface area (Å²) >= 11 is 2.94. The lowest BCUT2D eigenvalue weighted by molar-refractivity contribution is 0.137. The van der Waals surface area contributed by atoms with Crippen molar-refractivity contribution in [2.45, 2.75) is 26.3 Å². The maximum atomic E-state index is 13.4. The zero-order chi connectivity index (χ0) is 13.5. The largest absolute Gasteiger partial charge is 0.380 e. The first kappa shape index (κ1) is 15.5. The Bertz CT molecular complexity index is 385. The van der Waals surface area contributed by atoms with Gasteiger partial charge < -0.3 is 10.1 Å². The van der Waals surface area contributed by atoms with Crippen LogP contribution in [0, 0.1) is 11.6 Å². The predicted octanol–water partition coefficient (Wildman–Crippen LogP) is 3.28. The maximum absolute atomic E-state index is 13.4. The van der Waals surface area contributed by atoms with E-state index < -0.39 is 11.6 Å². The van der Waals surface area contributed by atoms with E-state index in [1.807, 2.05) is 0 Å². The molecule has 1 aromatic rings. The van der Waals surface area contributed by atoms with Crippen LogP contribution in [0.5, 0.6) is 0 Å². The third-order valence-electron chi connectivity index (χ3n) is 2.40. The Morgan fingerprint density at radius 1 is 1.22 bits per heavy atom. The highest BCUT2D eigenvalue weighted by Crippen LogP contribution is 2.20. The molecule has 0 heterocycles. The molecule has 0 aliphatic heterocycles. The lowest BCUT2D eigenvalue weighted by Gasteiger charge is -2.09. The Morgan fingerprint density at radius 3 is 2.61 bits per heavy atom. The van der Waals surface area contributed by atoms with Gasteiger partial charge in [-0.2, -0.15) is 0 Å². The van der Waals surface area contributed by atoms with E-state index in [2.05, 4.69) is 35.1 Å². The molecule has 0 aliphatic carbocycles. The summed E-state index contributed by atoms with van der Waals surface area (Å²) in [6.45, 7) is 5.82. The van der Waals surface area contributed by atoms with E-state index in [1.165, 1.54) is 6.07 Å². The van der Waals surface area contributed by atoms with Crippen LogP contribution in [0.15, 0.2) is 16.6 Å². The number of ether oxygens (including phenoxy) is 1. The fourth-order valence-electron chi connectivity index (χ4n) is 1.46. The van der Waals surface area contributed by atoms with Crippen molar-refractivity contribution in [1.29, 1.82) is 0 Å². The molecule has 2 nitrogen and oxygen atoms in total. The molecule has 0 amide bonds. The van der Waals surface area contributed by atoms with Gasteiger partial charge in [0.05, 0.1) is 17.7 Å². The van der Waals surface area contributed by atoms with Gasteiger partial charge in [0.1, 0.15) is 11.6 Å². The van der Waals surface area contributed by atoms with Gasteiger partial charge >= 0.3 is 0 Å². The standard InChI is InChI=1S/C13H18BrF2NO/c1-9(2)17-4-6-18-5-3-10-7-13(16)11(14)8-12(10)15/h7-9,17H,3-6H2,1-2H3. The van der Waals surface area contributed by atoms with E-state index in [1.54, 1.807) is 0 Å². The number of halogens is 3. The second-order valence-corrected chi connectivity index (χ2v) is 5.18. The summed E-state index contributed by atoms with van der Waals surface area (Å²) < 4.78 is 32.2. The second kappa shape index (κ2) is 7.81. The van der Waals surface area contributed by atoms with Gasteiger partial charge in [-0.05, 0) is 40.0 Å². The lowest BCUT2D eigenvalue weighted by atomic mass is 10.1. The van der Waals surface area contributed by atoms with Crippen LogP contribution in [0.4, 0.5) is 8.78 Å². The number of nitrogens with one attached hydrogen (secondary N) is 1. The summed E-state index contributed by atoms with van der Waals surface area (Å²) in [6.07, 6.45) is 0.373. The highest BCUT2D eigenvalue weighted by atomic mass is 79.9. The molecule has 0 aromatic heterocycles. The quantitative estimate of drug-likeness (QED) is 0.614. The van der Waals surface area contributed by atoms with Crippen LogP contribution in [-0.4, -0.2) is 25.8 Å². The molecule has 0 fully saturated rings. The molecule has 18 heavy (non-hydrogen) atoms. The van der Waals surface area contributed by atoms with Crippen molar-refractivity contribution < 1.29 is 13.5 Å². The normalized spacial score (nSPS) is 11.2. The van der Waals surface area contributed by atoms with Crippen molar-refractivity contribution >= 4 is 15.9 Å². The number of benzene rings is 1. The molecule has 0 atom stereocenters. The number of rotatable bonds is 7. The first-order valence-corrected chi connectivity index (χ1v) is 6.74. The summed E-state index contributed by atoms with van der Waals surface area (Å²) in [5, 5.41) is 3.21. The summed E-state index contributed by atoms with van der Waals surface area (Å²) in [4.78, 5) is 0. The average molecular weight is 322 g/mol. The van der Waals surface area contributed by atoms with Gasteiger partial charge in [-0.3, -0.25) is 0 Å². The summed E-state index contributed by atoms with van der Waals surface area (Å²) in [5.41, 5.74) is 0.340. The molecule has 0 saturated heterocycles. The Morgan fingerprint density at radius 2 is 1.94 bits per heavy atom. The van der Waals surface area contributed by atoms with Crippen LogP contribution in [0.3, 0.4) is 0 Å². The summed E-state index contributed by atoms with van der Waals surface area (Å²) in [5.74, 6) is -0.861. The van der Waals surface area contributed by atoms with Crippen molar-refractivity contribution in [2.75, 3.05) is 19.8 Å². The predicted molar refractivity (Wildman–Crippen MR) is 71.7 cm³/mol. The highest BCUT2D eigenvalue weighted by Gasteiger charge is 2.07. The van der Waals surface area contributed by atoms with Crippen LogP contribution in [0.1, 0.15) is 19.4 Å². The van der Waals surface area contributed by atoms with E-state index in [0.29, 0.717) is 31.2 Å². The molecule has 0 unspecified atom stereocenters. The first-order chi connectivity index (χ1) is 8.50. The number of hydrogen-bond acceptors (Lipinski definition) is 2. The number of hydrogen-bond donors (Lipinski definition) is 1. The lowest BCUT2D eigenvalue weighted by Crippen LogP contribution is -2.26. The fraction of sp³-hybridized carbons (Fsp3) is 0.538. The summed E-state index contributed by atoms with van der Waals surface area (Å²) in [6, 6.07) is 2.77. The SMILES string of the molecule is CC(C)NCCOCCc1cc(F)c(Br)cc1F. The van der Waals surface area contributed by atoms with Crippen LogP contribution in [-0.2, 0) is 11.2 Å². The molecule has 102 valence electrons.